The molecule has 1 aliphatic carbocycles. The van der Waals surface area contributed by atoms with Crippen LogP contribution < -0.4 is 10.1 Å². The zero-order valence-corrected chi connectivity index (χ0v) is 19.5. The number of nitrogens with one attached hydrogen (secondary N) is 1. The molecule has 1 aromatic carbocycles. The number of nitrogens with zero attached hydrogens (tertiary/aromatic N) is 2. The number of aryl methyl sites for hydroxylation is 2. The van der Waals surface area contributed by atoms with Gasteiger partial charge in [-0.05, 0) is 37.0 Å². The highest BCUT2D eigenvalue weighted by Gasteiger charge is 2.28. The summed E-state index contributed by atoms with van der Waals surface area (Å²) in [5.74, 6) is -0.761. The largest absolute Gasteiger partial charge is 0.465 e. The van der Waals surface area contributed by atoms with Crippen molar-refractivity contribution in [2.45, 2.75) is 19.3 Å². The van der Waals surface area contributed by atoms with Crippen LogP contribution in [0.5, 0.6) is 0 Å². The lowest BCUT2D eigenvalue weighted by molar-refractivity contribution is -0.115. The maximum absolute atomic E-state index is 12.4. The van der Waals surface area contributed by atoms with E-state index in [1.165, 1.54) is 41.5 Å². The number of methoxy groups -OCH3 is 1. The van der Waals surface area contributed by atoms with E-state index in [1.807, 2.05) is 35.9 Å². The van der Waals surface area contributed by atoms with Gasteiger partial charge in [-0.2, -0.15) is 4.99 Å². The van der Waals surface area contributed by atoms with E-state index in [0.717, 1.165) is 39.9 Å². The van der Waals surface area contributed by atoms with Gasteiger partial charge < -0.3 is 14.6 Å². The monoisotopic (exact) mass is 475 g/mol. The van der Waals surface area contributed by atoms with Crippen molar-refractivity contribution < 1.29 is 19.1 Å². The van der Waals surface area contributed by atoms with Crippen molar-refractivity contribution in [2.24, 2.45) is 12.0 Å². The Kier molecular flexibility index (Phi) is 6.59. The number of hydrogen-bond acceptors (Lipinski definition) is 7. The highest BCUT2D eigenvalue weighted by molar-refractivity contribution is 8.00. The first-order valence-electron chi connectivity index (χ1n) is 9.70. The molecule has 1 N–H and O–H groups in total. The van der Waals surface area contributed by atoms with Crippen LogP contribution in [0.2, 0.25) is 0 Å². The lowest BCUT2D eigenvalue weighted by Crippen LogP contribution is -2.18. The number of hydrogen-bond donors (Lipinski definition) is 1. The van der Waals surface area contributed by atoms with Crippen molar-refractivity contribution in [2.75, 3.05) is 23.9 Å². The number of thiazole rings is 1. The molecule has 10 heteroatoms. The Morgan fingerprint density at radius 1 is 1.19 bits per heavy atom. The highest BCUT2D eigenvalue weighted by Crippen LogP contribution is 2.39. The molecule has 4 rings (SSSR count). The number of ether oxygens (including phenoxy) is 1. The minimum absolute atomic E-state index is 0.100. The number of para-hydroxylation sites is 1. The fourth-order valence-electron chi connectivity index (χ4n) is 3.53. The average molecular weight is 476 g/mol. The first-order valence-corrected chi connectivity index (χ1v) is 12.5. The summed E-state index contributed by atoms with van der Waals surface area (Å²) in [6.07, 6.45) is 2.75. The Hall–Kier alpha value is -2.43. The zero-order valence-electron chi connectivity index (χ0n) is 17.1. The van der Waals surface area contributed by atoms with Crippen LogP contribution in [0.4, 0.5) is 5.00 Å². The van der Waals surface area contributed by atoms with Gasteiger partial charge >= 0.3 is 5.97 Å². The molecular formula is C21H21N3O4S3. The number of rotatable bonds is 6. The average Bonchev–Trinajstić information content (AvgIpc) is 3.41. The number of aromatic nitrogens is 1. The molecule has 0 unspecified atom stereocenters. The van der Waals surface area contributed by atoms with Gasteiger partial charge in [-0.1, -0.05) is 23.5 Å². The second-order valence-electron chi connectivity index (χ2n) is 7.01. The summed E-state index contributed by atoms with van der Waals surface area (Å²) in [6, 6.07) is 7.87. The standard InChI is InChI=1S/C21H21N3O4S3/c1-24-13-7-3-4-8-15(13)31-21(24)23-17(26)11-29-10-16(25)22-19-18(20(27)28-2)12-6-5-9-14(12)30-19/h3-4,7-8H,5-6,9-11H2,1-2H3,(H,22,25). The number of fused-ring (bicyclic) bond motifs is 2. The Morgan fingerprint density at radius 2 is 2.00 bits per heavy atom. The number of anilines is 1. The molecule has 0 spiro atoms. The molecule has 2 amide bonds. The predicted octanol–water partition coefficient (Wildman–Crippen LogP) is 3.38. The van der Waals surface area contributed by atoms with E-state index in [9.17, 15) is 14.4 Å². The van der Waals surface area contributed by atoms with Crippen LogP contribution in [0.1, 0.15) is 27.2 Å². The molecule has 3 aromatic rings. The Morgan fingerprint density at radius 3 is 2.77 bits per heavy atom. The van der Waals surface area contributed by atoms with Crippen LogP contribution in [0.25, 0.3) is 10.2 Å². The maximum atomic E-state index is 12.4. The smallest absolute Gasteiger partial charge is 0.341 e. The number of esters is 1. The van der Waals surface area contributed by atoms with Crippen LogP contribution in [-0.4, -0.2) is 41.0 Å². The first-order chi connectivity index (χ1) is 15.0. The van der Waals surface area contributed by atoms with Crippen LogP contribution in [0.15, 0.2) is 29.3 Å². The van der Waals surface area contributed by atoms with Gasteiger partial charge in [-0.15, -0.1) is 23.1 Å². The number of thiophene rings is 1. The summed E-state index contributed by atoms with van der Waals surface area (Å²) in [6.45, 7) is 0. The SMILES string of the molecule is COC(=O)c1c(NC(=O)CSCC(=O)N=c2sc3ccccc3n2C)sc2c1CCC2. The minimum atomic E-state index is -0.424. The lowest BCUT2D eigenvalue weighted by Gasteiger charge is -2.06. The third-order valence-electron chi connectivity index (χ3n) is 4.96. The summed E-state index contributed by atoms with van der Waals surface area (Å²) in [5, 5.41) is 3.36. The lowest BCUT2D eigenvalue weighted by atomic mass is 10.1. The van der Waals surface area contributed by atoms with Crippen LogP contribution in [0.3, 0.4) is 0 Å². The van der Waals surface area contributed by atoms with Crippen LogP contribution in [0, 0.1) is 0 Å². The van der Waals surface area contributed by atoms with Crippen LogP contribution in [-0.2, 0) is 34.2 Å². The molecule has 31 heavy (non-hydrogen) atoms. The third-order valence-corrected chi connectivity index (χ3v) is 8.20. The molecule has 1 aliphatic rings. The second kappa shape index (κ2) is 9.37. The van der Waals surface area contributed by atoms with E-state index in [-0.39, 0.29) is 23.3 Å². The van der Waals surface area contributed by atoms with Gasteiger partial charge in [0.1, 0.15) is 5.00 Å². The molecule has 0 aliphatic heterocycles. The summed E-state index contributed by atoms with van der Waals surface area (Å²) in [4.78, 5) is 42.8. The van der Waals surface area contributed by atoms with Crippen molar-refractivity contribution >= 4 is 67.4 Å². The molecular weight excluding hydrogens is 454 g/mol. The fourth-order valence-corrected chi connectivity index (χ4v) is 6.46. The van der Waals surface area contributed by atoms with Gasteiger partial charge in [0.15, 0.2) is 4.80 Å². The van der Waals surface area contributed by atoms with Crippen molar-refractivity contribution in [3.63, 3.8) is 0 Å². The first kappa shape index (κ1) is 21.8. The normalized spacial score (nSPS) is 13.4. The number of carbonyl (C=O) groups excluding carboxylic acids is 3. The summed E-state index contributed by atoms with van der Waals surface area (Å²) < 4.78 is 7.85. The van der Waals surface area contributed by atoms with Crippen molar-refractivity contribution in [1.29, 1.82) is 0 Å². The van der Waals surface area contributed by atoms with Gasteiger partial charge in [0.05, 0.1) is 34.4 Å². The minimum Gasteiger partial charge on any atom is -0.465 e. The van der Waals surface area contributed by atoms with Crippen molar-refractivity contribution in [1.82, 2.24) is 4.57 Å². The van der Waals surface area contributed by atoms with Gasteiger partial charge in [0.2, 0.25) is 5.91 Å². The van der Waals surface area contributed by atoms with E-state index >= 15 is 0 Å². The molecule has 0 radical (unpaired) electrons. The van der Waals surface area contributed by atoms with Gasteiger partial charge in [0, 0.05) is 11.9 Å². The topological polar surface area (TPSA) is 89.8 Å². The van der Waals surface area contributed by atoms with Crippen LogP contribution >= 0.6 is 34.4 Å². The van der Waals surface area contributed by atoms with Crippen molar-refractivity contribution in [3.8, 4) is 0 Å². The molecule has 2 heterocycles. The Balaban J connectivity index is 1.36. The zero-order chi connectivity index (χ0) is 22.0. The molecule has 0 atom stereocenters. The molecule has 0 bridgehead atoms. The van der Waals surface area contributed by atoms with Gasteiger partial charge in [-0.3, -0.25) is 9.59 Å². The molecule has 2 aromatic heterocycles. The fraction of sp³-hybridized carbons (Fsp3) is 0.333. The Bertz CT molecular complexity index is 1240. The maximum Gasteiger partial charge on any atom is 0.341 e. The number of benzene rings is 1. The molecule has 0 saturated heterocycles. The van der Waals surface area contributed by atoms with E-state index in [1.54, 1.807) is 0 Å². The van der Waals surface area contributed by atoms with E-state index in [4.69, 9.17) is 4.74 Å². The molecule has 162 valence electrons. The summed E-state index contributed by atoms with van der Waals surface area (Å²) >= 11 is 4.09. The summed E-state index contributed by atoms with van der Waals surface area (Å²) in [7, 11) is 3.22. The number of thioether (sulfide) groups is 1. The number of carbonyl (C=O) groups is 3. The Labute approximate surface area is 191 Å². The number of amides is 2. The van der Waals surface area contributed by atoms with E-state index in [2.05, 4.69) is 10.3 Å². The predicted molar refractivity (Wildman–Crippen MR) is 125 cm³/mol. The van der Waals surface area contributed by atoms with Gasteiger partial charge in [0.25, 0.3) is 5.91 Å². The van der Waals surface area contributed by atoms with Crippen molar-refractivity contribution in [3.05, 3.63) is 45.1 Å². The second-order valence-corrected chi connectivity index (χ2v) is 10.1. The summed E-state index contributed by atoms with van der Waals surface area (Å²) in [5.41, 5.74) is 2.49. The molecule has 0 saturated carbocycles. The van der Waals surface area contributed by atoms with E-state index < -0.39 is 5.97 Å². The third kappa shape index (κ3) is 4.60. The van der Waals surface area contributed by atoms with E-state index in [0.29, 0.717) is 15.4 Å². The molecule has 7 nitrogen and oxygen atoms in total. The molecule has 0 fully saturated rings. The quantitative estimate of drug-likeness (QED) is 0.552. The van der Waals surface area contributed by atoms with Gasteiger partial charge in [-0.25, -0.2) is 4.79 Å². The highest BCUT2D eigenvalue weighted by atomic mass is 32.2.